The van der Waals surface area contributed by atoms with E-state index in [0.717, 1.165) is 6.61 Å². The van der Waals surface area contributed by atoms with Crippen LogP contribution in [0.25, 0.3) is 0 Å². The average Bonchev–Trinajstić information content (AvgIpc) is 2.86. The van der Waals surface area contributed by atoms with Crippen LogP contribution in [-0.4, -0.2) is 34.1 Å². The molecule has 1 fully saturated rings. The third-order valence-electron chi connectivity index (χ3n) is 5.81. The van der Waals surface area contributed by atoms with E-state index in [1.165, 1.54) is 83.5 Å². The van der Waals surface area contributed by atoms with Crippen molar-refractivity contribution in [2.45, 2.75) is 117 Å². The van der Waals surface area contributed by atoms with E-state index in [0.29, 0.717) is 5.41 Å². The Morgan fingerprint density at radius 1 is 0.615 bits per heavy atom. The summed E-state index contributed by atoms with van der Waals surface area (Å²) in [5, 5.41) is 0. The summed E-state index contributed by atoms with van der Waals surface area (Å²) in [7, 11) is 0. The van der Waals surface area contributed by atoms with Crippen molar-refractivity contribution in [3.8, 4) is 0 Å². The van der Waals surface area contributed by atoms with Crippen molar-refractivity contribution in [2.24, 2.45) is 5.41 Å². The minimum absolute atomic E-state index is 0. The van der Waals surface area contributed by atoms with Gasteiger partial charge in [0.2, 0.25) is 0 Å². The van der Waals surface area contributed by atoms with Crippen molar-refractivity contribution >= 4 is 0 Å². The van der Waals surface area contributed by atoms with E-state index in [-0.39, 0.29) is 49.2 Å². The molecule has 0 aromatic carbocycles. The average molecular weight is 416 g/mol. The summed E-state index contributed by atoms with van der Waals surface area (Å²) < 4.78 is 6.55. The molecule has 26 heavy (non-hydrogen) atoms. The number of unbranched alkanes of at least 4 members (excludes halogenated alkanes) is 4. The van der Waals surface area contributed by atoms with Crippen LogP contribution >= 0.6 is 0 Å². The number of rotatable bonds is 12. The normalized spacial score (nSPS) is 16.2. The van der Waals surface area contributed by atoms with Crippen molar-refractivity contribution in [2.75, 3.05) is 6.61 Å². The molecule has 0 saturated carbocycles. The van der Waals surface area contributed by atoms with Crippen LogP contribution in [0, 0.1) is 5.41 Å². The first-order valence-electron chi connectivity index (χ1n) is 9.84. The van der Waals surface area contributed by atoms with Gasteiger partial charge in [0.15, 0.2) is 0 Å². The first-order chi connectivity index (χ1) is 10.2. The molecule has 1 saturated heterocycles. The molecule has 5 nitrogen and oxygen atoms in total. The van der Waals surface area contributed by atoms with Gasteiger partial charge in [0.25, 0.3) is 0 Å². The summed E-state index contributed by atoms with van der Waals surface area (Å²) in [6, 6.07) is 0. The second-order valence-electron chi connectivity index (χ2n) is 7.29. The molecule has 8 N–H and O–H groups in total. The van der Waals surface area contributed by atoms with Crippen molar-refractivity contribution in [3.05, 3.63) is 0 Å². The molecule has 1 aliphatic heterocycles. The quantitative estimate of drug-likeness (QED) is 0.441. The van der Waals surface area contributed by atoms with Crippen LogP contribution in [0.4, 0.5) is 0 Å². The second-order valence-corrected chi connectivity index (χ2v) is 7.29. The van der Waals surface area contributed by atoms with Gasteiger partial charge in [-0.15, -0.1) is 0 Å². The Morgan fingerprint density at radius 3 is 1.31 bits per heavy atom. The Labute approximate surface area is 177 Å². The molecule has 0 aliphatic carbocycles. The van der Waals surface area contributed by atoms with Gasteiger partial charge in [0, 0.05) is 33.7 Å². The van der Waals surface area contributed by atoms with Crippen molar-refractivity contribution in [3.63, 3.8) is 0 Å². The van der Waals surface area contributed by atoms with Gasteiger partial charge in [-0.2, -0.15) is 0 Å². The summed E-state index contributed by atoms with van der Waals surface area (Å²) in [6.45, 7) is 10.3. The van der Waals surface area contributed by atoms with Crippen molar-refractivity contribution in [1.82, 2.24) is 0 Å². The van der Waals surface area contributed by atoms with Crippen LogP contribution in [0.3, 0.4) is 0 Å². The van der Waals surface area contributed by atoms with E-state index >= 15 is 0 Å². The zero-order chi connectivity index (χ0) is 15.6. The minimum atomic E-state index is 0. The molecule has 162 valence electrons. The number of ether oxygens (including phenoxy) is 1. The van der Waals surface area contributed by atoms with E-state index < -0.39 is 0 Å². The Morgan fingerprint density at radius 2 is 0.962 bits per heavy atom. The molecule has 0 aromatic rings. The van der Waals surface area contributed by atoms with Crippen molar-refractivity contribution in [1.29, 1.82) is 0 Å². The molecule has 0 amide bonds. The van der Waals surface area contributed by atoms with Crippen LogP contribution in [0.2, 0.25) is 0 Å². The van der Waals surface area contributed by atoms with Gasteiger partial charge in [-0.3, -0.25) is 0 Å². The van der Waals surface area contributed by atoms with Crippen LogP contribution in [-0.2, 0) is 26.5 Å². The monoisotopic (exact) mass is 416 g/mol. The van der Waals surface area contributed by atoms with Gasteiger partial charge < -0.3 is 26.6 Å². The molecular weight excluding hydrogens is 368 g/mol. The third kappa shape index (κ3) is 9.63. The topological polar surface area (TPSA) is 135 Å². The summed E-state index contributed by atoms with van der Waals surface area (Å²) in [5.74, 6) is 0. The summed E-state index contributed by atoms with van der Waals surface area (Å²) in [5.41, 5.74) is 0.701. The zero-order valence-electron chi connectivity index (χ0n) is 17.8. The zero-order valence-corrected chi connectivity index (χ0v) is 19.4. The SMILES string of the molecule is CCCCC1(CCCC)CCOC1(CCCC)CCCC.O.O.O.O.[Ti]. The van der Waals surface area contributed by atoms with Crippen LogP contribution in [0.5, 0.6) is 0 Å². The van der Waals surface area contributed by atoms with E-state index in [4.69, 9.17) is 4.74 Å². The predicted octanol–water partition coefficient (Wildman–Crippen LogP) is 3.59. The van der Waals surface area contributed by atoms with Gasteiger partial charge in [-0.25, -0.2) is 0 Å². The summed E-state index contributed by atoms with van der Waals surface area (Å²) in [6.07, 6.45) is 17.4. The van der Waals surface area contributed by atoms with Gasteiger partial charge in [-0.1, -0.05) is 79.1 Å². The molecule has 1 heterocycles. The molecule has 0 aromatic heterocycles. The van der Waals surface area contributed by atoms with Gasteiger partial charge in [-0.05, 0) is 32.1 Å². The fourth-order valence-electron chi connectivity index (χ4n) is 4.41. The van der Waals surface area contributed by atoms with Gasteiger partial charge in [0.1, 0.15) is 0 Å². The molecule has 0 spiro atoms. The molecule has 1 rings (SSSR count). The maximum atomic E-state index is 6.55. The Balaban J connectivity index is -0.000000294. The fraction of sp³-hybridized carbons (Fsp3) is 1.00. The molecule has 0 radical (unpaired) electrons. The van der Waals surface area contributed by atoms with Crippen LogP contribution in [0.1, 0.15) is 111 Å². The molecule has 0 unspecified atom stereocenters. The number of hydrogen-bond acceptors (Lipinski definition) is 1. The Bertz CT molecular complexity index is 235. The molecular formula is C20H48O5Ti. The maximum Gasteiger partial charge on any atom is 0.0739 e. The predicted molar refractivity (Wildman–Crippen MR) is 108 cm³/mol. The molecule has 1 aliphatic rings. The third-order valence-corrected chi connectivity index (χ3v) is 5.81. The van der Waals surface area contributed by atoms with Crippen LogP contribution < -0.4 is 0 Å². The molecule has 0 atom stereocenters. The first kappa shape index (κ1) is 37.3. The van der Waals surface area contributed by atoms with E-state index in [1.54, 1.807) is 0 Å². The first-order valence-corrected chi connectivity index (χ1v) is 9.84. The second kappa shape index (κ2) is 20.3. The Kier molecular flexibility index (Phi) is 29.0. The smallest absolute Gasteiger partial charge is 0.0739 e. The Hall–Kier alpha value is 0.514. The standard InChI is InChI=1S/C20H40O.4H2O.Ti/c1-5-9-13-19(14-10-6-2)17-18-21-20(19,15-11-7-3)16-12-8-4;;;;;/h5-18H2,1-4H3;4*1H2;. The maximum absolute atomic E-state index is 6.55. The van der Waals surface area contributed by atoms with E-state index in [1.807, 2.05) is 0 Å². The fourth-order valence-corrected chi connectivity index (χ4v) is 4.41. The molecule has 6 heteroatoms. The van der Waals surface area contributed by atoms with E-state index in [2.05, 4.69) is 27.7 Å². The minimum Gasteiger partial charge on any atom is -0.412 e. The van der Waals surface area contributed by atoms with Crippen LogP contribution in [0.15, 0.2) is 0 Å². The number of hydrogen-bond donors (Lipinski definition) is 0. The van der Waals surface area contributed by atoms with Gasteiger partial charge >= 0.3 is 0 Å². The largest absolute Gasteiger partial charge is 0.412 e. The summed E-state index contributed by atoms with van der Waals surface area (Å²) in [4.78, 5) is 0. The van der Waals surface area contributed by atoms with Gasteiger partial charge in [0.05, 0.1) is 5.60 Å². The summed E-state index contributed by atoms with van der Waals surface area (Å²) >= 11 is 0. The van der Waals surface area contributed by atoms with Crippen molar-refractivity contribution < 1.29 is 48.4 Å². The molecule has 0 bridgehead atoms. The van der Waals surface area contributed by atoms with E-state index in [9.17, 15) is 0 Å².